The third-order valence-corrected chi connectivity index (χ3v) is 4.01. The summed E-state index contributed by atoms with van der Waals surface area (Å²) in [5.74, 6) is -2.51. The number of carbonyl (C=O) groups is 5. The molecule has 0 aliphatic heterocycles. The maximum absolute atomic E-state index is 11.5. The lowest BCUT2D eigenvalue weighted by molar-refractivity contribution is -0.931. The second-order valence-corrected chi connectivity index (χ2v) is 6.75. The monoisotopic (exact) mass is 469 g/mol. The van der Waals surface area contributed by atoms with E-state index in [1.165, 1.54) is 34.6 Å². The van der Waals surface area contributed by atoms with Crippen molar-refractivity contribution >= 4 is 29.8 Å². The molecule has 0 aromatic carbocycles. The van der Waals surface area contributed by atoms with E-state index in [4.69, 9.17) is 23.7 Å². The van der Waals surface area contributed by atoms with E-state index in [1.54, 1.807) is 0 Å². The Morgan fingerprint density at radius 1 is 0.613 bits per heavy atom. The smallest absolute Gasteiger partial charge is 0.303 e. The second-order valence-electron chi connectivity index (χ2n) is 6.75. The molecule has 0 aromatic heterocycles. The van der Waals surface area contributed by atoms with E-state index in [2.05, 4.69) is 0 Å². The van der Waals surface area contributed by atoms with Gasteiger partial charge in [0, 0.05) is 34.6 Å². The van der Waals surface area contributed by atoms with Crippen LogP contribution in [-0.4, -0.2) is 93.0 Å². The summed E-state index contributed by atoms with van der Waals surface area (Å²) in [4.78, 5) is 56.3. The maximum Gasteiger partial charge on any atom is 0.303 e. The number of nitrogens with zero attached hydrogens (tertiary/aromatic N) is 1. The number of hydrogen-bond donors (Lipinski definition) is 0. The van der Waals surface area contributed by atoms with Crippen LogP contribution in [0.15, 0.2) is 0 Å². The van der Waals surface area contributed by atoms with Crippen molar-refractivity contribution in [2.75, 3.05) is 52.6 Å². The Labute approximate surface area is 188 Å². The molecule has 0 heterocycles. The van der Waals surface area contributed by atoms with E-state index >= 15 is 0 Å². The summed E-state index contributed by atoms with van der Waals surface area (Å²) < 4.78 is 25.5. The van der Waals surface area contributed by atoms with Gasteiger partial charge >= 0.3 is 29.8 Å². The number of halogens is 1. The van der Waals surface area contributed by atoms with Crippen LogP contribution in [0.4, 0.5) is 0 Å². The summed E-state index contributed by atoms with van der Waals surface area (Å²) in [6.07, 6.45) is -0.807. The highest BCUT2D eigenvalue weighted by Gasteiger charge is 2.34. The van der Waals surface area contributed by atoms with Gasteiger partial charge in [-0.1, -0.05) is 0 Å². The van der Waals surface area contributed by atoms with Gasteiger partial charge in [0.25, 0.3) is 0 Å². The van der Waals surface area contributed by atoms with Gasteiger partial charge in [-0.2, -0.15) is 0 Å². The van der Waals surface area contributed by atoms with Gasteiger partial charge < -0.3 is 40.6 Å². The summed E-state index contributed by atoms with van der Waals surface area (Å²) in [6.45, 7) is 7.15. The Hall–Kier alpha value is -2.40. The lowest BCUT2D eigenvalue weighted by atomic mass is 10.2. The zero-order chi connectivity index (χ0) is 23.2. The Morgan fingerprint density at radius 2 is 0.968 bits per heavy atom. The first-order valence-electron chi connectivity index (χ1n) is 9.51. The van der Waals surface area contributed by atoms with Crippen molar-refractivity contribution in [2.24, 2.45) is 0 Å². The first-order valence-corrected chi connectivity index (χ1v) is 9.51. The van der Waals surface area contributed by atoms with Crippen molar-refractivity contribution < 1.29 is 64.5 Å². The van der Waals surface area contributed by atoms with E-state index in [-0.39, 0.29) is 69.5 Å². The first kappa shape index (κ1) is 30.8. The van der Waals surface area contributed by atoms with Gasteiger partial charge in [-0.05, 0) is 0 Å². The minimum atomic E-state index is -0.807. The molecule has 0 bridgehead atoms. The van der Waals surface area contributed by atoms with Crippen LogP contribution in [0.25, 0.3) is 0 Å². The molecule has 0 fully saturated rings. The average molecular weight is 470 g/mol. The van der Waals surface area contributed by atoms with Crippen molar-refractivity contribution in [2.45, 2.75) is 40.7 Å². The third kappa shape index (κ3) is 17.0. The predicted octanol–water partition coefficient (Wildman–Crippen LogP) is -3.01. The minimum absolute atomic E-state index is 0. The number of carbonyl (C=O) groups excluding carboxylic acids is 5. The van der Waals surface area contributed by atoms with Crippen molar-refractivity contribution in [3.63, 3.8) is 0 Å². The molecule has 0 aliphatic carbocycles. The molecular weight excluding hydrogens is 438 g/mol. The zero-order valence-corrected chi connectivity index (χ0v) is 19.4. The molecule has 180 valence electrons. The van der Waals surface area contributed by atoms with Gasteiger partial charge in [-0.3, -0.25) is 24.0 Å². The first-order chi connectivity index (χ1) is 14.0. The van der Waals surface area contributed by atoms with E-state index in [0.29, 0.717) is 0 Å². The molecule has 0 saturated heterocycles. The van der Waals surface area contributed by atoms with Gasteiger partial charge in [-0.15, -0.1) is 0 Å². The second kappa shape index (κ2) is 16.3. The molecule has 0 aliphatic rings. The van der Waals surface area contributed by atoms with Gasteiger partial charge in [0.15, 0.2) is 6.10 Å². The molecule has 11 nitrogen and oxygen atoms in total. The van der Waals surface area contributed by atoms with Gasteiger partial charge in [0.2, 0.25) is 0 Å². The lowest BCUT2D eigenvalue weighted by Gasteiger charge is -2.40. The fourth-order valence-electron chi connectivity index (χ4n) is 2.76. The standard InChI is InChI=1S/C19H32NO10.ClH/c1-14(21)26-9-6-20(7-10-27-15(2)22,8-11-28-16(3)23)12-19(30-18(5)25)13-29-17(4)24;/h19H,6-13H2,1-5H3;1H/q+1;/p-1. The fraction of sp³-hybridized carbons (Fsp3) is 0.737. The average Bonchev–Trinajstić information content (AvgIpc) is 2.58. The van der Waals surface area contributed by atoms with Crippen molar-refractivity contribution in [3.05, 3.63) is 0 Å². The minimum Gasteiger partial charge on any atom is -1.00 e. The van der Waals surface area contributed by atoms with Crippen LogP contribution in [0.1, 0.15) is 34.6 Å². The summed E-state index contributed by atoms with van der Waals surface area (Å²) in [5, 5.41) is 0. The van der Waals surface area contributed by atoms with Crippen molar-refractivity contribution in [1.82, 2.24) is 0 Å². The topological polar surface area (TPSA) is 132 Å². The van der Waals surface area contributed by atoms with E-state index in [0.717, 1.165) is 0 Å². The van der Waals surface area contributed by atoms with Crippen LogP contribution in [0.3, 0.4) is 0 Å². The molecule has 12 heteroatoms. The molecule has 0 aromatic rings. The summed E-state index contributed by atoms with van der Waals surface area (Å²) in [5.41, 5.74) is 0. The Balaban J connectivity index is 0. The predicted molar refractivity (Wildman–Crippen MR) is 102 cm³/mol. The molecule has 0 spiro atoms. The summed E-state index contributed by atoms with van der Waals surface area (Å²) in [7, 11) is 0. The summed E-state index contributed by atoms with van der Waals surface area (Å²) in [6, 6.07) is 0. The highest BCUT2D eigenvalue weighted by molar-refractivity contribution is 5.67. The quantitative estimate of drug-likeness (QED) is 0.147. The third-order valence-electron chi connectivity index (χ3n) is 4.01. The molecule has 0 saturated carbocycles. The molecular formula is C19H32ClNO10. The van der Waals surface area contributed by atoms with Crippen LogP contribution < -0.4 is 12.4 Å². The van der Waals surface area contributed by atoms with Crippen molar-refractivity contribution in [3.8, 4) is 0 Å². The van der Waals surface area contributed by atoms with Crippen LogP contribution in [0, 0.1) is 0 Å². The highest BCUT2D eigenvalue weighted by atomic mass is 35.5. The summed E-state index contributed by atoms with van der Waals surface area (Å²) >= 11 is 0. The molecule has 0 rings (SSSR count). The molecule has 1 atom stereocenters. The largest absolute Gasteiger partial charge is 1.00 e. The molecule has 1 unspecified atom stereocenters. The normalized spacial score (nSPS) is 11.4. The zero-order valence-electron chi connectivity index (χ0n) is 18.6. The van der Waals surface area contributed by atoms with Gasteiger partial charge in [0.05, 0.1) is 0 Å². The van der Waals surface area contributed by atoms with Gasteiger partial charge in [-0.25, -0.2) is 0 Å². The number of hydrogen-bond acceptors (Lipinski definition) is 10. The Morgan fingerprint density at radius 3 is 1.26 bits per heavy atom. The molecule has 0 N–H and O–H groups in total. The van der Waals surface area contributed by atoms with Crippen molar-refractivity contribution in [1.29, 1.82) is 0 Å². The SMILES string of the molecule is CC(=O)OCC[N+](CCOC(C)=O)(CCOC(C)=O)CC(COC(C)=O)OC(C)=O.[Cl-]. The van der Waals surface area contributed by atoms with E-state index in [1.807, 2.05) is 0 Å². The number of rotatable bonds is 14. The van der Waals surface area contributed by atoms with E-state index < -0.39 is 36.0 Å². The molecule has 0 radical (unpaired) electrons. The van der Waals surface area contributed by atoms with Gasteiger partial charge in [0.1, 0.15) is 52.6 Å². The Bertz CT molecular complexity index is 560. The number of ether oxygens (including phenoxy) is 5. The van der Waals surface area contributed by atoms with E-state index in [9.17, 15) is 24.0 Å². The number of esters is 5. The molecule has 0 amide bonds. The van der Waals surface area contributed by atoms with Crippen LogP contribution in [0.2, 0.25) is 0 Å². The van der Waals surface area contributed by atoms with Crippen LogP contribution in [-0.2, 0) is 47.7 Å². The lowest BCUT2D eigenvalue weighted by Crippen LogP contribution is -3.00. The maximum atomic E-state index is 11.5. The highest BCUT2D eigenvalue weighted by Crippen LogP contribution is 2.13. The number of quaternary nitrogens is 1. The fourth-order valence-corrected chi connectivity index (χ4v) is 2.76. The Kier molecular flexibility index (Phi) is 16.2. The van der Waals surface area contributed by atoms with Crippen LogP contribution in [0.5, 0.6) is 0 Å². The van der Waals surface area contributed by atoms with Crippen LogP contribution >= 0.6 is 0 Å². The molecule has 31 heavy (non-hydrogen) atoms.